The Morgan fingerprint density at radius 1 is 0.826 bits per heavy atom. The van der Waals surface area contributed by atoms with E-state index in [0.29, 0.717) is 28.3 Å². The van der Waals surface area contributed by atoms with E-state index in [-0.39, 0.29) is 11.6 Å². The van der Waals surface area contributed by atoms with Gasteiger partial charge in [0.2, 0.25) is 5.78 Å². The Labute approximate surface area is 135 Å². The Morgan fingerprint density at radius 2 is 1.43 bits per heavy atom. The summed E-state index contributed by atoms with van der Waals surface area (Å²) in [7, 11) is 0. The van der Waals surface area contributed by atoms with Crippen LogP contribution in [0.25, 0.3) is 5.57 Å². The van der Waals surface area contributed by atoms with Crippen LogP contribution in [0.1, 0.15) is 39.1 Å². The summed E-state index contributed by atoms with van der Waals surface area (Å²) < 4.78 is 0. The van der Waals surface area contributed by atoms with E-state index in [0.717, 1.165) is 12.1 Å². The summed E-state index contributed by atoms with van der Waals surface area (Å²) in [5.41, 5.74) is 2.73. The molecule has 3 heteroatoms. The lowest BCUT2D eigenvalue weighted by Crippen LogP contribution is -2.31. The minimum Gasteiger partial charge on any atom is -0.381 e. The highest BCUT2D eigenvalue weighted by Crippen LogP contribution is 2.33. The molecule has 2 aliphatic rings. The summed E-state index contributed by atoms with van der Waals surface area (Å²) in [4.78, 5) is 25.9. The maximum Gasteiger partial charge on any atom is 0.210 e. The highest BCUT2D eigenvalue weighted by Gasteiger charge is 2.33. The predicted octanol–water partition coefficient (Wildman–Crippen LogP) is 3.48. The lowest BCUT2D eigenvalue weighted by molar-refractivity contribution is 0.0985. The molecule has 0 radical (unpaired) electrons. The molecule has 0 saturated heterocycles. The number of rotatable bonds is 4. The SMILES string of the molecule is O=C1C(NCC2CC2)=C(c2ccccc2)C(=O)c2ccccc21. The van der Waals surface area contributed by atoms with Crippen LogP contribution in [0.4, 0.5) is 0 Å². The van der Waals surface area contributed by atoms with Gasteiger partial charge in [0.15, 0.2) is 5.78 Å². The fourth-order valence-electron chi connectivity index (χ4n) is 2.99. The second-order valence-corrected chi connectivity index (χ2v) is 6.14. The van der Waals surface area contributed by atoms with Gasteiger partial charge >= 0.3 is 0 Å². The third-order valence-electron chi connectivity index (χ3n) is 4.45. The highest BCUT2D eigenvalue weighted by molar-refractivity contribution is 6.40. The third kappa shape index (κ3) is 2.48. The molecule has 2 aromatic rings. The lowest BCUT2D eigenvalue weighted by atomic mass is 9.84. The zero-order chi connectivity index (χ0) is 15.8. The molecule has 1 N–H and O–H groups in total. The molecule has 0 bridgehead atoms. The van der Waals surface area contributed by atoms with Crippen LogP contribution in [-0.4, -0.2) is 18.1 Å². The first kappa shape index (κ1) is 13.9. The molecule has 0 unspecified atom stereocenters. The van der Waals surface area contributed by atoms with Crippen LogP contribution in [0.2, 0.25) is 0 Å². The van der Waals surface area contributed by atoms with Crippen molar-refractivity contribution in [3.8, 4) is 0 Å². The molecule has 3 nitrogen and oxygen atoms in total. The number of nitrogens with one attached hydrogen (secondary N) is 1. The first-order valence-electron chi connectivity index (χ1n) is 7.97. The Bertz CT molecular complexity index is 817. The summed E-state index contributed by atoms with van der Waals surface area (Å²) in [5, 5.41) is 3.26. The van der Waals surface area contributed by atoms with Crippen LogP contribution in [0.15, 0.2) is 60.3 Å². The third-order valence-corrected chi connectivity index (χ3v) is 4.45. The summed E-state index contributed by atoms with van der Waals surface area (Å²) in [6, 6.07) is 16.5. The topological polar surface area (TPSA) is 46.2 Å². The van der Waals surface area contributed by atoms with E-state index < -0.39 is 0 Å². The molecule has 0 atom stereocenters. The lowest BCUT2D eigenvalue weighted by Gasteiger charge is -2.22. The number of hydrogen-bond donors (Lipinski definition) is 1. The molecule has 0 aromatic heterocycles. The van der Waals surface area contributed by atoms with Gasteiger partial charge in [-0.2, -0.15) is 0 Å². The molecule has 0 spiro atoms. The van der Waals surface area contributed by atoms with E-state index in [9.17, 15) is 9.59 Å². The van der Waals surface area contributed by atoms with E-state index in [1.165, 1.54) is 12.8 Å². The minimum absolute atomic E-state index is 0.0790. The van der Waals surface area contributed by atoms with Crippen LogP contribution >= 0.6 is 0 Å². The maximum absolute atomic E-state index is 13.0. The van der Waals surface area contributed by atoms with Crippen molar-refractivity contribution in [1.82, 2.24) is 5.32 Å². The molecule has 2 aromatic carbocycles. The first-order valence-corrected chi connectivity index (χ1v) is 7.97. The minimum atomic E-state index is -0.0836. The number of carbonyl (C=O) groups is 2. The van der Waals surface area contributed by atoms with Crippen molar-refractivity contribution >= 4 is 17.1 Å². The van der Waals surface area contributed by atoms with Gasteiger partial charge in [0.1, 0.15) is 0 Å². The van der Waals surface area contributed by atoms with Gasteiger partial charge in [-0.05, 0) is 24.3 Å². The molecule has 23 heavy (non-hydrogen) atoms. The molecule has 1 saturated carbocycles. The van der Waals surface area contributed by atoms with Crippen molar-refractivity contribution in [1.29, 1.82) is 0 Å². The number of ketones is 2. The van der Waals surface area contributed by atoms with Gasteiger partial charge in [0.25, 0.3) is 0 Å². The van der Waals surface area contributed by atoms with Crippen LogP contribution in [0, 0.1) is 5.92 Å². The Hall–Kier alpha value is -2.68. The average Bonchev–Trinajstić information content (AvgIpc) is 3.42. The Morgan fingerprint density at radius 3 is 2.09 bits per heavy atom. The molecule has 114 valence electrons. The van der Waals surface area contributed by atoms with Crippen molar-refractivity contribution in [2.75, 3.05) is 6.54 Å². The fourth-order valence-corrected chi connectivity index (χ4v) is 2.99. The second kappa shape index (κ2) is 5.51. The Balaban J connectivity index is 1.85. The van der Waals surface area contributed by atoms with Gasteiger partial charge in [0, 0.05) is 17.7 Å². The van der Waals surface area contributed by atoms with E-state index in [2.05, 4.69) is 5.32 Å². The van der Waals surface area contributed by atoms with E-state index in [1.54, 1.807) is 24.3 Å². The summed E-state index contributed by atoms with van der Waals surface area (Å²) >= 11 is 0. The van der Waals surface area contributed by atoms with Crippen molar-refractivity contribution in [3.63, 3.8) is 0 Å². The average molecular weight is 303 g/mol. The maximum atomic E-state index is 13.0. The van der Waals surface area contributed by atoms with Crippen molar-refractivity contribution in [2.24, 2.45) is 5.92 Å². The quantitative estimate of drug-likeness (QED) is 0.940. The Kier molecular flexibility index (Phi) is 3.34. The number of Topliss-reactive ketones (excluding diaryl/α,β-unsaturated/α-hetero) is 2. The summed E-state index contributed by atoms with van der Waals surface area (Å²) in [5.74, 6) is 0.462. The van der Waals surface area contributed by atoms with E-state index >= 15 is 0 Å². The van der Waals surface area contributed by atoms with Crippen molar-refractivity contribution in [2.45, 2.75) is 12.8 Å². The molecule has 4 rings (SSSR count). The van der Waals surface area contributed by atoms with Crippen LogP contribution in [-0.2, 0) is 0 Å². The molecular formula is C20H17NO2. The van der Waals surface area contributed by atoms with Crippen LogP contribution in [0.5, 0.6) is 0 Å². The van der Waals surface area contributed by atoms with Gasteiger partial charge in [-0.3, -0.25) is 9.59 Å². The molecule has 0 aliphatic heterocycles. The van der Waals surface area contributed by atoms with Crippen LogP contribution in [0.3, 0.4) is 0 Å². The monoisotopic (exact) mass is 303 g/mol. The zero-order valence-electron chi connectivity index (χ0n) is 12.7. The smallest absolute Gasteiger partial charge is 0.210 e. The largest absolute Gasteiger partial charge is 0.381 e. The first-order chi connectivity index (χ1) is 11.3. The highest BCUT2D eigenvalue weighted by atomic mass is 16.1. The summed E-state index contributed by atoms with van der Waals surface area (Å²) in [6.45, 7) is 0.757. The molecule has 1 fully saturated rings. The molecular weight excluding hydrogens is 286 g/mol. The van der Waals surface area contributed by atoms with E-state index in [1.807, 2.05) is 30.3 Å². The van der Waals surface area contributed by atoms with Crippen molar-refractivity contribution in [3.05, 3.63) is 77.0 Å². The zero-order valence-corrected chi connectivity index (χ0v) is 12.7. The number of allylic oxidation sites excluding steroid dienone is 2. The number of hydrogen-bond acceptors (Lipinski definition) is 3. The number of carbonyl (C=O) groups excluding carboxylic acids is 2. The number of benzene rings is 2. The van der Waals surface area contributed by atoms with Gasteiger partial charge < -0.3 is 5.32 Å². The molecule has 0 amide bonds. The van der Waals surface area contributed by atoms with Gasteiger partial charge in [0.05, 0.1) is 11.3 Å². The predicted molar refractivity (Wildman–Crippen MR) is 89.2 cm³/mol. The van der Waals surface area contributed by atoms with Gasteiger partial charge in [-0.25, -0.2) is 0 Å². The fraction of sp³-hybridized carbons (Fsp3) is 0.200. The standard InChI is InChI=1S/C20H17NO2/c22-19-15-8-4-5-9-16(15)20(23)18(21-12-13-10-11-13)17(19)14-6-2-1-3-7-14/h1-9,13,21H,10-12H2. The van der Waals surface area contributed by atoms with E-state index in [4.69, 9.17) is 0 Å². The normalized spacial score (nSPS) is 17.2. The summed E-state index contributed by atoms with van der Waals surface area (Å²) in [6.07, 6.45) is 2.39. The van der Waals surface area contributed by atoms with Crippen molar-refractivity contribution < 1.29 is 9.59 Å². The van der Waals surface area contributed by atoms with Gasteiger partial charge in [-0.1, -0.05) is 54.6 Å². The molecule has 2 aliphatic carbocycles. The molecule has 0 heterocycles. The van der Waals surface area contributed by atoms with Gasteiger partial charge in [-0.15, -0.1) is 0 Å². The number of fused-ring (bicyclic) bond motifs is 1. The van der Waals surface area contributed by atoms with Crippen LogP contribution < -0.4 is 5.32 Å². The second-order valence-electron chi connectivity index (χ2n) is 6.14.